The predicted octanol–water partition coefficient (Wildman–Crippen LogP) is 2.05. The Hall–Kier alpha value is -2.67. The van der Waals surface area contributed by atoms with Crippen LogP contribution in [0.15, 0.2) is 52.9 Å². The summed E-state index contributed by atoms with van der Waals surface area (Å²) >= 11 is 1.58. The largest absolute Gasteiger partial charge is 0.368 e. The average molecular weight is 342 g/mol. The maximum atomic E-state index is 12.5. The summed E-state index contributed by atoms with van der Waals surface area (Å²) in [5, 5.41) is 10.7. The number of anilines is 1. The Morgan fingerprint density at radius 3 is 2.67 bits per heavy atom. The predicted molar refractivity (Wildman–Crippen MR) is 94.8 cm³/mol. The minimum absolute atomic E-state index is 0.113. The number of nitrogens with two attached hydrogens (primary N) is 1. The molecule has 2 amide bonds. The van der Waals surface area contributed by atoms with Crippen molar-refractivity contribution in [3.8, 4) is 0 Å². The fourth-order valence-corrected chi connectivity index (χ4v) is 3.31. The second kappa shape index (κ2) is 6.84. The molecule has 0 spiro atoms. The normalized spacial score (nSPS) is 18.1. The number of hydrogen-bond donors (Lipinski definition) is 2. The highest BCUT2D eigenvalue weighted by Gasteiger charge is 2.35. The Balaban J connectivity index is 1.78. The summed E-state index contributed by atoms with van der Waals surface area (Å²) < 4.78 is 0. The van der Waals surface area contributed by atoms with E-state index in [0.29, 0.717) is 5.71 Å². The van der Waals surface area contributed by atoms with Gasteiger partial charge in [-0.15, -0.1) is 11.3 Å². The highest BCUT2D eigenvalue weighted by atomic mass is 32.1. The van der Waals surface area contributed by atoms with Gasteiger partial charge in [0.15, 0.2) is 0 Å². The lowest BCUT2D eigenvalue weighted by Gasteiger charge is -2.20. The lowest BCUT2D eigenvalue weighted by molar-refractivity contribution is -0.119. The molecule has 0 saturated heterocycles. The summed E-state index contributed by atoms with van der Waals surface area (Å²) in [5.74, 6) is -0.780. The van der Waals surface area contributed by atoms with Crippen molar-refractivity contribution in [3.05, 3.63) is 52.7 Å². The first-order valence-electron chi connectivity index (χ1n) is 7.61. The molecule has 2 atom stereocenters. The van der Waals surface area contributed by atoms with Crippen LogP contribution in [0.2, 0.25) is 0 Å². The standard InChI is InChI=1S/C17H18N4O2S/c1-11(15-8-5-9-24-15)19-17(23)13-10-14(16(18)22)21(20-13)12-6-3-2-4-7-12/h2-9,11,14H,10H2,1H3,(H2,18,22)(H,19,23)/t11-,14+/m0/s1. The van der Waals surface area contributed by atoms with Crippen LogP contribution in [-0.4, -0.2) is 23.6 Å². The molecule has 24 heavy (non-hydrogen) atoms. The molecule has 1 aromatic carbocycles. The van der Waals surface area contributed by atoms with Crippen LogP contribution in [0.4, 0.5) is 5.69 Å². The van der Waals surface area contributed by atoms with Crippen LogP contribution < -0.4 is 16.1 Å². The molecule has 0 fully saturated rings. The van der Waals surface area contributed by atoms with Crippen molar-refractivity contribution in [2.24, 2.45) is 10.8 Å². The van der Waals surface area contributed by atoms with Crippen molar-refractivity contribution in [1.82, 2.24) is 5.32 Å². The van der Waals surface area contributed by atoms with Crippen molar-refractivity contribution in [2.45, 2.75) is 25.4 Å². The number of para-hydroxylation sites is 1. The van der Waals surface area contributed by atoms with Crippen LogP contribution in [0.1, 0.15) is 24.3 Å². The van der Waals surface area contributed by atoms with Gasteiger partial charge in [-0.2, -0.15) is 5.10 Å². The molecular formula is C17H18N4O2S. The van der Waals surface area contributed by atoms with Gasteiger partial charge in [-0.3, -0.25) is 14.6 Å². The van der Waals surface area contributed by atoms with E-state index >= 15 is 0 Å². The number of nitrogens with one attached hydrogen (secondary N) is 1. The van der Waals surface area contributed by atoms with Crippen molar-refractivity contribution < 1.29 is 9.59 Å². The van der Waals surface area contributed by atoms with Crippen molar-refractivity contribution >= 4 is 34.6 Å². The molecule has 124 valence electrons. The van der Waals surface area contributed by atoms with E-state index in [1.165, 1.54) is 5.01 Å². The van der Waals surface area contributed by atoms with Crippen LogP contribution in [0, 0.1) is 0 Å². The number of hydrogen-bond acceptors (Lipinski definition) is 5. The fourth-order valence-electron chi connectivity index (χ4n) is 2.58. The van der Waals surface area contributed by atoms with Crippen molar-refractivity contribution in [3.63, 3.8) is 0 Å². The van der Waals surface area contributed by atoms with Gasteiger partial charge in [0, 0.05) is 11.3 Å². The molecule has 1 aliphatic rings. The summed E-state index contributed by atoms with van der Waals surface area (Å²) in [7, 11) is 0. The first kappa shape index (κ1) is 16.2. The van der Waals surface area contributed by atoms with Crippen LogP contribution in [0.25, 0.3) is 0 Å². The third-order valence-corrected chi connectivity index (χ3v) is 4.89. The number of benzene rings is 1. The molecule has 0 bridgehead atoms. The van der Waals surface area contributed by atoms with E-state index in [9.17, 15) is 9.59 Å². The third-order valence-electron chi connectivity index (χ3n) is 3.84. The minimum Gasteiger partial charge on any atom is -0.368 e. The van der Waals surface area contributed by atoms with Gasteiger partial charge in [-0.1, -0.05) is 24.3 Å². The average Bonchev–Trinajstić information content (AvgIpc) is 3.25. The third kappa shape index (κ3) is 3.30. The minimum atomic E-state index is -0.648. The van der Waals surface area contributed by atoms with Gasteiger partial charge >= 0.3 is 0 Å². The Bertz CT molecular complexity index is 758. The molecule has 0 saturated carbocycles. The van der Waals surface area contributed by atoms with E-state index in [1.807, 2.05) is 54.8 Å². The SMILES string of the molecule is C[C@H](NC(=O)C1=NN(c2ccccc2)[C@@H](C(N)=O)C1)c1cccs1. The summed E-state index contributed by atoms with van der Waals surface area (Å²) in [5.41, 5.74) is 6.53. The molecule has 7 heteroatoms. The highest BCUT2D eigenvalue weighted by Crippen LogP contribution is 2.25. The monoisotopic (exact) mass is 342 g/mol. The lowest BCUT2D eigenvalue weighted by atomic mass is 10.1. The van der Waals surface area contributed by atoms with Crippen LogP contribution >= 0.6 is 11.3 Å². The van der Waals surface area contributed by atoms with Gasteiger partial charge < -0.3 is 11.1 Å². The molecule has 3 rings (SSSR count). The maximum absolute atomic E-state index is 12.5. The van der Waals surface area contributed by atoms with Crippen LogP contribution in [0.5, 0.6) is 0 Å². The molecule has 2 aromatic rings. The molecule has 2 heterocycles. The number of amides is 2. The van der Waals surface area contributed by atoms with Gasteiger partial charge in [0.05, 0.1) is 11.7 Å². The van der Waals surface area contributed by atoms with Gasteiger partial charge in [-0.25, -0.2) is 0 Å². The Morgan fingerprint density at radius 1 is 1.29 bits per heavy atom. The van der Waals surface area contributed by atoms with Gasteiger partial charge in [0.2, 0.25) is 5.91 Å². The van der Waals surface area contributed by atoms with E-state index in [0.717, 1.165) is 10.6 Å². The van der Waals surface area contributed by atoms with E-state index in [-0.39, 0.29) is 18.4 Å². The summed E-state index contributed by atoms with van der Waals surface area (Å²) in [6.07, 6.45) is 0.202. The number of primary amides is 1. The Morgan fingerprint density at radius 2 is 2.04 bits per heavy atom. The first-order valence-corrected chi connectivity index (χ1v) is 8.49. The Kier molecular flexibility index (Phi) is 4.61. The first-order chi connectivity index (χ1) is 11.6. The fraction of sp³-hybridized carbons (Fsp3) is 0.235. The molecule has 1 aromatic heterocycles. The Labute approximate surface area is 144 Å². The lowest BCUT2D eigenvalue weighted by Crippen LogP contribution is -2.40. The molecule has 3 N–H and O–H groups in total. The number of carbonyl (C=O) groups excluding carboxylic acids is 2. The van der Waals surface area contributed by atoms with Crippen molar-refractivity contribution in [1.29, 1.82) is 0 Å². The summed E-state index contributed by atoms with van der Waals surface area (Å²) in [6.45, 7) is 1.92. The highest BCUT2D eigenvalue weighted by molar-refractivity contribution is 7.10. The second-order valence-corrected chi connectivity index (χ2v) is 6.54. The number of carbonyl (C=O) groups is 2. The molecule has 1 aliphatic heterocycles. The number of nitrogens with zero attached hydrogens (tertiary/aromatic N) is 2. The molecule has 0 radical (unpaired) electrons. The number of hydrazone groups is 1. The topological polar surface area (TPSA) is 87.8 Å². The summed E-state index contributed by atoms with van der Waals surface area (Å²) in [4.78, 5) is 25.3. The maximum Gasteiger partial charge on any atom is 0.268 e. The molecule has 0 unspecified atom stereocenters. The molecule has 0 aliphatic carbocycles. The van der Waals surface area contributed by atoms with E-state index in [1.54, 1.807) is 11.3 Å². The van der Waals surface area contributed by atoms with Crippen molar-refractivity contribution in [2.75, 3.05) is 5.01 Å². The van der Waals surface area contributed by atoms with E-state index < -0.39 is 11.9 Å². The zero-order valence-electron chi connectivity index (χ0n) is 13.2. The number of thiophene rings is 1. The van der Waals surface area contributed by atoms with E-state index in [2.05, 4.69) is 10.4 Å². The van der Waals surface area contributed by atoms with Gasteiger partial charge in [0.25, 0.3) is 5.91 Å². The van der Waals surface area contributed by atoms with Gasteiger partial charge in [0.1, 0.15) is 11.8 Å². The zero-order chi connectivity index (χ0) is 17.1. The molecule has 6 nitrogen and oxygen atoms in total. The smallest absolute Gasteiger partial charge is 0.268 e. The zero-order valence-corrected chi connectivity index (χ0v) is 14.0. The van der Waals surface area contributed by atoms with E-state index in [4.69, 9.17) is 5.73 Å². The number of rotatable bonds is 5. The molecular weight excluding hydrogens is 324 g/mol. The summed E-state index contributed by atoms with van der Waals surface area (Å²) in [6, 6.07) is 12.4. The quantitative estimate of drug-likeness (QED) is 0.871. The van der Waals surface area contributed by atoms with Gasteiger partial charge in [-0.05, 0) is 30.5 Å². The van der Waals surface area contributed by atoms with Crippen LogP contribution in [-0.2, 0) is 9.59 Å². The van der Waals surface area contributed by atoms with Crippen LogP contribution in [0.3, 0.4) is 0 Å². The second-order valence-electron chi connectivity index (χ2n) is 5.56.